The average molecular weight is 259 g/mol. The Labute approximate surface area is 113 Å². The molecular weight excluding hydrogens is 238 g/mol. The van der Waals surface area contributed by atoms with Crippen LogP contribution in [0.15, 0.2) is 12.4 Å². The molecule has 2 aromatic heterocycles. The SMILES string of the molecule is Cc1cc(NC2CCC(C)(C)CC2)n2ncnc2n1. The van der Waals surface area contributed by atoms with Gasteiger partial charge >= 0.3 is 0 Å². The molecule has 1 N–H and O–H groups in total. The van der Waals surface area contributed by atoms with Crippen LogP contribution in [0.1, 0.15) is 45.2 Å². The summed E-state index contributed by atoms with van der Waals surface area (Å²) in [7, 11) is 0. The summed E-state index contributed by atoms with van der Waals surface area (Å²) in [6.07, 6.45) is 6.52. The van der Waals surface area contributed by atoms with Crippen molar-refractivity contribution in [2.75, 3.05) is 5.32 Å². The van der Waals surface area contributed by atoms with Crippen LogP contribution in [0.5, 0.6) is 0 Å². The van der Waals surface area contributed by atoms with Crippen LogP contribution in [-0.4, -0.2) is 25.6 Å². The molecule has 1 saturated carbocycles. The van der Waals surface area contributed by atoms with Gasteiger partial charge < -0.3 is 5.32 Å². The maximum absolute atomic E-state index is 4.36. The number of nitrogens with zero attached hydrogens (tertiary/aromatic N) is 4. The highest BCUT2D eigenvalue weighted by Crippen LogP contribution is 2.36. The van der Waals surface area contributed by atoms with Crippen molar-refractivity contribution in [2.45, 2.75) is 52.5 Å². The van der Waals surface area contributed by atoms with Gasteiger partial charge in [0.05, 0.1) is 0 Å². The second kappa shape index (κ2) is 4.47. The molecule has 2 aromatic rings. The van der Waals surface area contributed by atoms with Crippen LogP contribution in [0.3, 0.4) is 0 Å². The van der Waals surface area contributed by atoms with Crippen molar-refractivity contribution < 1.29 is 0 Å². The lowest BCUT2D eigenvalue weighted by Gasteiger charge is -2.35. The van der Waals surface area contributed by atoms with E-state index in [2.05, 4.69) is 34.2 Å². The summed E-state index contributed by atoms with van der Waals surface area (Å²) in [4.78, 5) is 8.52. The van der Waals surface area contributed by atoms with Gasteiger partial charge in [-0.25, -0.2) is 4.98 Å². The van der Waals surface area contributed by atoms with Crippen LogP contribution < -0.4 is 5.32 Å². The molecule has 1 fully saturated rings. The van der Waals surface area contributed by atoms with E-state index < -0.39 is 0 Å². The predicted octanol–water partition coefficient (Wildman–Crippen LogP) is 2.81. The Morgan fingerprint density at radius 3 is 2.79 bits per heavy atom. The molecule has 5 heteroatoms. The average Bonchev–Trinajstić information content (AvgIpc) is 2.80. The third-order valence-corrected chi connectivity index (χ3v) is 4.07. The van der Waals surface area contributed by atoms with E-state index in [4.69, 9.17) is 0 Å². The lowest BCUT2D eigenvalue weighted by Crippen LogP contribution is -2.30. The number of hydrogen-bond donors (Lipinski definition) is 1. The van der Waals surface area contributed by atoms with Crippen LogP contribution in [0.4, 0.5) is 5.82 Å². The van der Waals surface area contributed by atoms with Gasteiger partial charge in [-0.3, -0.25) is 0 Å². The molecule has 0 saturated heterocycles. The van der Waals surface area contributed by atoms with Gasteiger partial charge in [0.15, 0.2) is 0 Å². The number of anilines is 1. The fourth-order valence-electron chi connectivity index (χ4n) is 2.79. The molecule has 5 nitrogen and oxygen atoms in total. The molecule has 0 unspecified atom stereocenters. The molecule has 0 bridgehead atoms. The Morgan fingerprint density at radius 1 is 1.32 bits per heavy atom. The van der Waals surface area contributed by atoms with E-state index in [0.29, 0.717) is 17.2 Å². The van der Waals surface area contributed by atoms with Crippen LogP contribution in [0, 0.1) is 12.3 Å². The Kier molecular flexibility index (Phi) is 2.92. The number of aryl methyl sites for hydroxylation is 1. The molecule has 3 rings (SSSR count). The summed E-state index contributed by atoms with van der Waals surface area (Å²) in [6, 6.07) is 2.57. The van der Waals surface area contributed by atoms with Gasteiger partial charge in [-0.2, -0.15) is 14.6 Å². The second-order valence-corrected chi connectivity index (χ2v) is 6.34. The lowest BCUT2D eigenvalue weighted by atomic mass is 9.75. The summed E-state index contributed by atoms with van der Waals surface area (Å²) in [5, 5.41) is 7.84. The normalized spacial score (nSPS) is 19.7. The summed E-state index contributed by atoms with van der Waals surface area (Å²) >= 11 is 0. The second-order valence-electron chi connectivity index (χ2n) is 6.34. The summed E-state index contributed by atoms with van der Waals surface area (Å²) in [6.45, 7) is 6.70. The van der Waals surface area contributed by atoms with Gasteiger partial charge in [0.25, 0.3) is 5.78 Å². The zero-order chi connectivity index (χ0) is 13.5. The number of aromatic nitrogens is 4. The van der Waals surface area contributed by atoms with Crippen molar-refractivity contribution in [3.8, 4) is 0 Å². The van der Waals surface area contributed by atoms with Gasteiger partial charge in [0.1, 0.15) is 12.1 Å². The topological polar surface area (TPSA) is 55.1 Å². The fourth-order valence-corrected chi connectivity index (χ4v) is 2.79. The van der Waals surface area contributed by atoms with E-state index in [1.54, 1.807) is 10.8 Å². The molecular formula is C14H21N5. The molecule has 0 aromatic carbocycles. The van der Waals surface area contributed by atoms with Crippen LogP contribution in [0.2, 0.25) is 0 Å². The van der Waals surface area contributed by atoms with E-state index in [9.17, 15) is 0 Å². The highest BCUT2D eigenvalue weighted by molar-refractivity contribution is 5.45. The van der Waals surface area contributed by atoms with Gasteiger partial charge in [0, 0.05) is 17.8 Å². The van der Waals surface area contributed by atoms with Gasteiger partial charge in [-0.1, -0.05) is 13.8 Å². The van der Waals surface area contributed by atoms with Gasteiger partial charge in [-0.15, -0.1) is 0 Å². The number of fused-ring (bicyclic) bond motifs is 1. The maximum atomic E-state index is 4.36. The smallest absolute Gasteiger partial charge is 0.254 e. The molecule has 1 aliphatic carbocycles. The highest BCUT2D eigenvalue weighted by atomic mass is 15.4. The van der Waals surface area contributed by atoms with Crippen LogP contribution in [0.25, 0.3) is 5.78 Å². The standard InChI is InChI=1S/C14H21N5/c1-10-8-12(19-13(17-10)15-9-16-19)18-11-4-6-14(2,3)7-5-11/h8-9,11,18H,4-7H2,1-3H3. The molecule has 0 radical (unpaired) electrons. The monoisotopic (exact) mass is 259 g/mol. The van der Waals surface area contributed by atoms with E-state index in [0.717, 1.165) is 11.5 Å². The number of hydrogen-bond acceptors (Lipinski definition) is 4. The molecule has 0 atom stereocenters. The van der Waals surface area contributed by atoms with Gasteiger partial charge in [0.2, 0.25) is 0 Å². The number of rotatable bonds is 2. The highest BCUT2D eigenvalue weighted by Gasteiger charge is 2.27. The summed E-state index contributed by atoms with van der Waals surface area (Å²) < 4.78 is 1.78. The van der Waals surface area contributed by atoms with Crippen molar-refractivity contribution in [3.63, 3.8) is 0 Å². The van der Waals surface area contributed by atoms with E-state index >= 15 is 0 Å². The first kappa shape index (κ1) is 12.4. The summed E-state index contributed by atoms with van der Waals surface area (Å²) in [5.74, 6) is 1.67. The Hall–Kier alpha value is -1.65. The minimum absolute atomic E-state index is 0.495. The predicted molar refractivity (Wildman–Crippen MR) is 75.2 cm³/mol. The molecule has 2 heterocycles. The van der Waals surface area contributed by atoms with Crippen LogP contribution >= 0.6 is 0 Å². The van der Waals surface area contributed by atoms with E-state index in [1.165, 1.54) is 25.7 Å². The van der Waals surface area contributed by atoms with Crippen molar-refractivity contribution >= 4 is 11.6 Å². The van der Waals surface area contributed by atoms with E-state index in [-0.39, 0.29) is 0 Å². The van der Waals surface area contributed by atoms with Crippen molar-refractivity contribution in [2.24, 2.45) is 5.41 Å². The van der Waals surface area contributed by atoms with Crippen molar-refractivity contribution in [1.82, 2.24) is 19.6 Å². The van der Waals surface area contributed by atoms with E-state index in [1.807, 2.05) is 13.0 Å². The third kappa shape index (κ3) is 2.55. The first-order valence-corrected chi connectivity index (χ1v) is 6.97. The van der Waals surface area contributed by atoms with Crippen molar-refractivity contribution in [1.29, 1.82) is 0 Å². The third-order valence-electron chi connectivity index (χ3n) is 4.07. The Morgan fingerprint density at radius 2 is 2.05 bits per heavy atom. The minimum atomic E-state index is 0.495. The fraction of sp³-hybridized carbons (Fsp3) is 0.643. The zero-order valence-corrected chi connectivity index (χ0v) is 11.8. The lowest BCUT2D eigenvalue weighted by molar-refractivity contribution is 0.232. The first-order chi connectivity index (χ1) is 9.03. The quantitative estimate of drug-likeness (QED) is 0.901. The van der Waals surface area contributed by atoms with Gasteiger partial charge in [-0.05, 0) is 38.0 Å². The molecule has 102 valence electrons. The summed E-state index contributed by atoms with van der Waals surface area (Å²) in [5.41, 5.74) is 1.47. The zero-order valence-electron chi connectivity index (χ0n) is 11.8. The molecule has 0 spiro atoms. The Bertz CT molecular complexity index is 577. The Balaban J connectivity index is 1.80. The maximum Gasteiger partial charge on any atom is 0.254 e. The molecule has 19 heavy (non-hydrogen) atoms. The molecule has 0 amide bonds. The number of nitrogens with one attached hydrogen (secondary N) is 1. The first-order valence-electron chi connectivity index (χ1n) is 6.97. The molecule has 0 aliphatic heterocycles. The van der Waals surface area contributed by atoms with Crippen molar-refractivity contribution in [3.05, 3.63) is 18.1 Å². The molecule has 1 aliphatic rings. The minimum Gasteiger partial charge on any atom is -0.367 e. The largest absolute Gasteiger partial charge is 0.367 e. The van der Waals surface area contributed by atoms with Crippen LogP contribution in [-0.2, 0) is 0 Å².